The van der Waals surface area contributed by atoms with Gasteiger partial charge in [-0.25, -0.2) is 9.97 Å². The van der Waals surface area contributed by atoms with Crippen molar-refractivity contribution in [3.8, 4) is 11.3 Å². The Kier molecular flexibility index (Phi) is 6.55. The van der Waals surface area contributed by atoms with E-state index in [1.807, 2.05) is 45.0 Å². The first-order chi connectivity index (χ1) is 14.7. The smallest absolute Gasteiger partial charge is 0.356 e. The van der Waals surface area contributed by atoms with Gasteiger partial charge in [0.1, 0.15) is 0 Å². The number of anilines is 2. The summed E-state index contributed by atoms with van der Waals surface area (Å²) in [5.41, 5.74) is 9.98. The normalized spacial score (nSPS) is 11.4. The zero-order chi connectivity index (χ0) is 22.8. The average molecular weight is 440 g/mol. The topological polar surface area (TPSA) is 138 Å². The van der Waals surface area contributed by atoms with Crippen molar-refractivity contribution in [3.63, 3.8) is 0 Å². The van der Waals surface area contributed by atoms with Gasteiger partial charge in [0.25, 0.3) is 5.91 Å². The standard InChI is InChI=1S/C22H25N4O4P/c1-4-15-16(5-2)19(31(28,29)30)11-10-17(15)26-22(27)20-21(23)24-12-18(25-20)14-8-6-13(3)7-9-14/h6-12H,4-5H2,1-3H3,(H2,23,24)(H,26,27)(H2,28,29,30). The highest BCUT2D eigenvalue weighted by Gasteiger charge is 2.25. The lowest BCUT2D eigenvalue weighted by Gasteiger charge is -2.18. The minimum absolute atomic E-state index is 0.00559. The molecule has 0 unspecified atom stereocenters. The lowest BCUT2D eigenvalue weighted by molar-refractivity contribution is 0.102. The molecule has 9 heteroatoms. The highest BCUT2D eigenvalue weighted by molar-refractivity contribution is 7.60. The summed E-state index contributed by atoms with van der Waals surface area (Å²) in [6.45, 7) is 5.65. The quantitative estimate of drug-likeness (QED) is 0.432. The van der Waals surface area contributed by atoms with Crippen molar-refractivity contribution in [1.82, 2.24) is 9.97 Å². The number of amides is 1. The number of aryl methyl sites for hydroxylation is 1. The van der Waals surface area contributed by atoms with Gasteiger partial charge >= 0.3 is 7.60 Å². The van der Waals surface area contributed by atoms with Crippen LogP contribution >= 0.6 is 7.60 Å². The molecule has 0 bridgehead atoms. The molecule has 0 aliphatic rings. The highest BCUT2D eigenvalue weighted by atomic mass is 31.2. The molecular formula is C22H25N4O4P. The number of aromatic nitrogens is 2. The molecule has 2 aromatic carbocycles. The largest absolute Gasteiger partial charge is 0.382 e. The third-order valence-electron chi connectivity index (χ3n) is 5.04. The molecule has 8 nitrogen and oxygen atoms in total. The first kappa shape index (κ1) is 22.6. The van der Waals surface area contributed by atoms with Gasteiger partial charge in [-0.15, -0.1) is 0 Å². The van der Waals surface area contributed by atoms with Crippen LogP contribution in [0.2, 0.25) is 0 Å². The number of hydrogen-bond acceptors (Lipinski definition) is 5. The van der Waals surface area contributed by atoms with Crippen LogP contribution in [0, 0.1) is 6.92 Å². The summed E-state index contributed by atoms with van der Waals surface area (Å²) in [7, 11) is -4.43. The van der Waals surface area contributed by atoms with Crippen LogP contribution in [0.15, 0.2) is 42.6 Å². The van der Waals surface area contributed by atoms with Gasteiger partial charge in [-0.2, -0.15) is 0 Å². The fourth-order valence-electron chi connectivity index (χ4n) is 3.48. The number of nitrogen functional groups attached to an aromatic ring is 1. The maximum Gasteiger partial charge on any atom is 0.356 e. The minimum Gasteiger partial charge on any atom is -0.382 e. The molecule has 3 aromatic rings. The van der Waals surface area contributed by atoms with E-state index in [4.69, 9.17) is 5.73 Å². The maximum absolute atomic E-state index is 13.0. The Hall–Kier alpha value is -3.06. The Bertz CT molecular complexity index is 1170. The van der Waals surface area contributed by atoms with Crippen molar-refractivity contribution in [3.05, 3.63) is 65.0 Å². The lowest BCUT2D eigenvalue weighted by Crippen LogP contribution is -2.21. The van der Waals surface area contributed by atoms with Crippen LogP contribution in [0.25, 0.3) is 11.3 Å². The summed E-state index contributed by atoms with van der Waals surface area (Å²) in [4.78, 5) is 40.8. The number of rotatable bonds is 6. The molecule has 0 atom stereocenters. The number of carbonyl (C=O) groups is 1. The summed E-state index contributed by atoms with van der Waals surface area (Å²) in [5, 5.41) is 2.76. The lowest BCUT2D eigenvalue weighted by atomic mass is 10.0. The van der Waals surface area contributed by atoms with Gasteiger partial charge in [-0.3, -0.25) is 9.36 Å². The first-order valence-electron chi connectivity index (χ1n) is 9.87. The number of carbonyl (C=O) groups excluding carboxylic acids is 1. The fraction of sp³-hybridized carbons (Fsp3) is 0.227. The molecule has 0 aliphatic heterocycles. The van der Waals surface area contributed by atoms with Crippen LogP contribution < -0.4 is 16.4 Å². The Morgan fingerprint density at radius 2 is 1.71 bits per heavy atom. The van der Waals surface area contributed by atoms with Gasteiger partial charge in [-0.1, -0.05) is 43.7 Å². The van der Waals surface area contributed by atoms with E-state index in [2.05, 4.69) is 15.3 Å². The molecule has 1 heterocycles. The monoisotopic (exact) mass is 440 g/mol. The summed E-state index contributed by atoms with van der Waals surface area (Å²) in [6.07, 6.45) is 2.41. The van der Waals surface area contributed by atoms with E-state index in [0.717, 1.165) is 11.1 Å². The molecule has 31 heavy (non-hydrogen) atoms. The van der Waals surface area contributed by atoms with Crippen LogP contribution in [0.3, 0.4) is 0 Å². The predicted molar refractivity (Wildman–Crippen MR) is 121 cm³/mol. The summed E-state index contributed by atoms with van der Waals surface area (Å²) in [5.74, 6) is -0.548. The maximum atomic E-state index is 13.0. The van der Waals surface area contributed by atoms with Crippen LogP contribution in [0.5, 0.6) is 0 Å². The second-order valence-electron chi connectivity index (χ2n) is 7.15. The Morgan fingerprint density at radius 3 is 2.29 bits per heavy atom. The van der Waals surface area contributed by atoms with Crippen molar-refractivity contribution < 1.29 is 19.1 Å². The van der Waals surface area contributed by atoms with E-state index < -0.39 is 13.5 Å². The van der Waals surface area contributed by atoms with E-state index in [9.17, 15) is 19.1 Å². The number of hydrogen-bond donors (Lipinski definition) is 4. The third-order valence-corrected chi connectivity index (χ3v) is 6.09. The van der Waals surface area contributed by atoms with Gasteiger partial charge in [0.15, 0.2) is 11.5 Å². The first-order valence-corrected chi connectivity index (χ1v) is 11.5. The Labute approximate surface area is 180 Å². The molecule has 0 fully saturated rings. The summed E-state index contributed by atoms with van der Waals surface area (Å²) < 4.78 is 11.8. The van der Waals surface area contributed by atoms with E-state index in [1.165, 1.54) is 18.3 Å². The second kappa shape index (κ2) is 8.98. The fourth-order valence-corrected chi connectivity index (χ4v) is 4.39. The molecule has 0 saturated heterocycles. The van der Waals surface area contributed by atoms with E-state index in [0.29, 0.717) is 35.3 Å². The van der Waals surface area contributed by atoms with E-state index >= 15 is 0 Å². The van der Waals surface area contributed by atoms with Crippen molar-refractivity contribution in [2.45, 2.75) is 33.6 Å². The number of nitrogens with zero attached hydrogens (tertiary/aromatic N) is 2. The van der Waals surface area contributed by atoms with E-state index in [-0.39, 0.29) is 16.8 Å². The molecule has 1 aromatic heterocycles. The van der Waals surface area contributed by atoms with Gasteiger partial charge in [0.2, 0.25) is 0 Å². The van der Waals surface area contributed by atoms with Crippen molar-refractivity contribution >= 4 is 30.3 Å². The Morgan fingerprint density at radius 1 is 1.06 bits per heavy atom. The van der Waals surface area contributed by atoms with Crippen molar-refractivity contribution in [1.29, 1.82) is 0 Å². The predicted octanol–water partition coefficient (Wildman–Crippen LogP) is 3.21. The van der Waals surface area contributed by atoms with E-state index in [1.54, 1.807) is 0 Å². The van der Waals surface area contributed by atoms with Crippen molar-refractivity contribution in [2.24, 2.45) is 0 Å². The minimum atomic E-state index is -4.43. The zero-order valence-corrected chi connectivity index (χ0v) is 18.5. The number of nitrogens with two attached hydrogens (primary N) is 1. The SMILES string of the molecule is CCc1c(NC(=O)c2nc(-c3ccc(C)cc3)cnc2N)ccc(P(=O)(O)O)c1CC. The number of benzene rings is 2. The summed E-state index contributed by atoms with van der Waals surface area (Å²) >= 11 is 0. The van der Waals surface area contributed by atoms with Crippen LogP contribution in [-0.2, 0) is 17.4 Å². The summed E-state index contributed by atoms with van der Waals surface area (Å²) in [6, 6.07) is 10.5. The molecule has 1 amide bonds. The van der Waals surface area contributed by atoms with Crippen molar-refractivity contribution in [2.75, 3.05) is 11.1 Å². The molecule has 5 N–H and O–H groups in total. The van der Waals surface area contributed by atoms with Crippen LogP contribution in [0.1, 0.15) is 41.0 Å². The number of nitrogens with one attached hydrogen (secondary N) is 1. The molecule has 0 radical (unpaired) electrons. The average Bonchev–Trinajstić information content (AvgIpc) is 2.73. The second-order valence-corrected chi connectivity index (χ2v) is 8.72. The van der Waals surface area contributed by atoms with Gasteiger partial charge < -0.3 is 20.8 Å². The molecule has 3 rings (SSSR count). The highest BCUT2D eigenvalue weighted by Crippen LogP contribution is 2.37. The molecule has 0 aliphatic carbocycles. The molecule has 162 valence electrons. The molecular weight excluding hydrogens is 415 g/mol. The van der Waals surface area contributed by atoms with Gasteiger partial charge in [0.05, 0.1) is 17.2 Å². The van der Waals surface area contributed by atoms with Gasteiger partial charge in [-0.05, 0) is 43.0 Å². The molecule has 0 saturated carbocycles. The molecule has 0 spiro atoms. The van der Waals surface area contributed by atoms with Crippen LogP contribution in [-0.4, -0.2) is 25.7 Å². The Balaban J connectivity index is 1.99. The third kappa shape index (κ3) is 4.82. The zero-order valence-electron chi connectivity index (χ0n) is 17.6. The van der Waals surface area contributed by atoms with Gasteiger partial charge in [0, 0.05) is 11.3 Å². The van der Waals surface area contributed by atoms with Crippen LogP contribution in [0.4, 0.5) is 11.5 Å².